The fourth-order valence-corrected chi connectivity index (χ4v) is 8.90. The van der Waals surface area contributed by atoms with Crippen LogP contribution < -0.4 is 4.89 Å². The zero-order valence-electron chi connectivity index (χ0n) is 50.6. The lowest BCUT2D eigenvalue weighted by molar-refractivity contribution is -0.870. The minimum Gasteiger partial charge on any atom is -0.756 e. The van der Waals surface area contributed by atoms with E-state index in [-0.39, 0.29) is 26.1 Å². The molecule has 0 aliphatic rings. The van der Waals surface area contributed by atoms with Crippen molar-refractivity contribution in [1.82, 2.24) is 0 Å². The maximum atomic E-state index is 12.8. The molecule has 0 bridgehead atoms. The van der Waals surface area contributed by atoms with Crippen LogP contribution >= 0.6 is 7.82 Å². The number of carbonyl (C=O) groups excluding carboxylic acids is 2. The average Bonchev–Trinajstić information content (AvgIpc) is 3.41. The number of esters is 2. The summed E-state index contributed by atoms with van der Waals surface area (Å²) >= 11 is 0. The monoisotopic (exact) mass is 1110 g/mol. The van der Waals surface area contributed by atoms with Crippen molar-refractivity contribution in [3.05, 3.63) is 122 Å². The normalized spacial score (nSPS) is 14.1. The first kappa shape index (κ1) is 74.4. The highest BCUT2D eigenvalue weighted by molar-refractivity contribution is 7.45. The van der Waals surface area contributed by atoms with Gasteiger partial charge in [-0.05, 0) is 109 Å². The number of ether oxygens (including phenoxy) is 2. The quantitative estimate of drug-likeness (QED) is 0.0195. The lowest BCUT2D eigenvalue weighted by Crippen LogP contribution is -2.37. The van der Waals surface area contributed by atoms with Crippen molar-refractivity contribution in [3.63, 3.8) is 0 Å². The van der Waals surface area contributed by atoms with Crippen LogP contribution in [0.2, 0.25) is 0 Å². The number of hydrogen-bond acceptors (Lipinski definition) is 8. The summed E-state index contributed by atoms with van der Waals surface area (Å²) in [6.07, 6.45) is 82.4. The molecular weight excluding hydrogens is 990 g/mol. The van der Waals surface area contributed by atoms with Gasteiger partial charge in [-0.3, -0.25) is 14.2 Å². The van der Waals surface area contributed by atoms with Crippen LogP contribution in [-0.4, -0.2) is 70.0 Å². The van der Waals surface area contributed by atoms with E-state index in [4.69, 9.17) is 18.5 Å². The minimum absolute atomic E-state index is 0.0404. The molecule has 0 fully saturated rings. The number of unbranched alkanes of at least 4 members (excludes halogenated alkanes) is 22. The smallest absolute Gasteiger partial charge is 0.306 e. The molecule has 446 valence electrons. The molecule has 2 atom stereocenters. The average molecular weight is 1110 g/mol. The molecular formula is C68H116NO8P. The van der Waals surface area contributed by atoms with Crippen LogP contribution in [0.4, 0.5) is 0 Å². The van der Waals surface area contributed by atoms with Crippen molar-refractivity contribution in [1.29, 1.82) is 0 Å². The Balaban J connectivity index is 4.21. The van der Waals surface area contributed by atoms with Crippen molar-refractivity contribution in [2.45, 2.75) is 251 Å². The van der Waals surface area contributed by atoms with E-state index in [1.165, 1.54) is 89.9 Å². The summed E-state index contributed by atoms with van der Waals surface area (Å²) in [6, 6.07) is 0. The van der Waals surface area contributed by atoms with Crippen LogP contribution in [0, 0.1) is 0 Å². The van der Waals surface area contributed by atoms with Crippen LogP contribution in [0.1, 0.15) is 245 Å². The van der Waals surface area contributed by atoms with Crippen molar-refractivity contribution >= 4 is 19.8 Å². The maximum Gasteiger partial charge on any atom is 0.306 e. The van der Waals surface area contributed by atoms with Crippen LogP contribution in [0.5, 0.6) is 0 Å². The topological polar surface area (TPSA) is 111 Å². The van der Waals surface area contributed by atoms with Gasteiger partial charge in [-0.25, -0.2) is 0 Å². The second kappa shape index (κ2) is 58.1. The molecule has 0 aromatic carbocycles. The molecule has 78 heavy (non-hydrogen) atoms. The SMILES string of the molecule is CC/C=C\C/C=C\C/C=C\C/C=C\C/C=C\C/C=C\C/C=C\CCCCCCCCCC(=O)OC(COC(=O)CCCCCCCCCCCC/C=C\C/C=C\C/C=C\CCCCCCC)COP(=O)([O-])OCC[N+](C)(C)C. The Kier molecular flexibility index (Phi) is 55.4. The van der Waals surface area contributed by atoms with Crippen LogP contribution in [0.15, 0.2) is 122 Å². The van der Waals surface area contributed by atoms with Gasteiger partial charge in [0.05, 0.1) is 27.7 Å². The number of rotatable bonds is 56. The van der Waals surface area contributed by atoms with E-state index in [2.05, 4.69) is 135 Å². The Bertz CT molecular complexity index is 1730. The molecule has 0 aromatic rings. The third kappa shape index (κ3) is 61.6. The highest BCUT2D eigenvalue weighted by Gasteiger charge is 2.22. The summed E-state index contributed by atoms with van der Waals surface area (Å²) in [5.41, 5.74) is 0. The van der Waals surface area contributed by atoms with Gasteiger partial charge in [-0.15, -0.1) is 0 Å². The zero-order chi connectivity index (χ0) is 57.0. The lowest BCUT2D eigenvalue weighted by atomic mass is 10.1. The summed E-state index contributed by atoms with van der Waals surface area (Å²) in [5, 5.41) is 0. The molecule has 2 unspecified atom stereocenters. The van der Waals surface area contributed by atoms with E-state index in [0.29, 0.717) is 17.4 Å². The molecule has 0 heterocycles. The van der Waals surface area contributed by atoms with Crippen LogP contribution in [0.3, 0.4) is 0 Å². The van der Waals surface area contributed by atoms with Gasteiger partial charge in [0.25, 0.3) is 7.82 Å². The van der Waals surface area contributed by atoms with E-state index in [1.807, 2.05) is 21.1 Å². The fraction of sp³-hybridized carbons (Fsp3) is 0.676. The van der Waals surface area contributed by atoms with Crippen molar-refractivity contribution in [2.24, 2.45) is 0 Å². The standard InChI is InChI=1S/C68H116NO8P/c1-6-8-10-12-14-16-18-20-22-24-26-28-30-32-33-34-35-37-39-41-43-45-47-49-51-53-55-57-59-61-68(71)77-66(65-76-78(72,73)75-63-62-69(3,4)5)64-74-67(70)60-58-56-54-52-50-48-46-44-42-40-38-36-31-29-27-25-23-21-19-17-15-13-11-9-7-2/h8,10,14,16,19-22,25-28,31-33,35-37,41,43,66H,6-7,9,11-13,15,17-18,23-24,29-30,34,38-40,42,44-65H2,1-5H3/b10-8-,16-14-,21-19-,22-20-,27-25-,28-26-,33-32-,36-31-,37-35-,43-41-. The second-order valence-electron chi connectivity index (χ2n) is 21.7. The Hall–Kier alpha value is -3.59. The van der Waals surface area contributed by atoms with Gasteiger partial charge in [0.1, 0.15) is 19.8 Å². The third-order valence-electron chi connectivity index (χ3n) is 13.0. The maximum absolute atomic E-state index is 12.8. The van der Waals surface area contributed by atoms with E-state index in [9.17, 15) is 19.0 Å². The molecule has 9 nitrogen and oxygen atoms in total. The largest absolute Gasteiger partial charge is 0.756 e. The van der Waals surface area contributed by atoms with Gasteiger partial charge in [-0.2, -0.15) is 0 Å². The third-order valence-corrected chi connectivity index (χ3v) is 13.9. The Morgan fingerprint density at radius 2 is 0.731 bits per heavy atom. The van der Waals surface area contributed by atoms with Gasteiger partial charge in [0.2, 0.25) is 0 Å². The summed E-state index contributed by atoms with van der Waals surface area (Å²) in [5.74, 6) is -0.856. The molecule has 0 spiro atoms. The van der Waals surface area contributed by atoms with Crippen molar-refractivity contribution in [3.8, 4) is 0 Å². The summed E-state index contributed by atoms with van der Waals surface area (Å²) in [4.78, 5) is 38.0. The summed E-state index contributed by atoms with van der Waals surface area (Å²) < 4.78 is 34.2. The van der Waals surface area contributed by atoms with Crippen LogP contribution in [0.25, 0.3) is 0 Å². The first-order valence-electron chi connectivity index (χ1n) is 31.2. The molecule has 0 aromatic heterocycles. The van der Waals surface area contributed by atoms with Gasteiger partial charge < -0.3 is 27.9 Å². The molecule has 0 saturated heterocycles. The van der Waals surface area contributed by atoms with E-state index in [1.54, 1.807) is 0 Å². The summed E-state index contributed by atoms with van der Waals surface area (Å²) in [6.45, 7) is 4.09. The number of nitrogens with zero attached hydrogens (tertiary/aromatic N) is 1. The van der Waals surface area contributed by atoms with Gasteiger partial charge in [-0.1, -0.05) is 245 Å². The number of carbonyl (C=O) groups is 2. The van der Waals surface area contributed by atoms with Crippen molar-refractivity contribution < 1.29 is 42.1 Å². The highest BCUT2D eigenvalue weighted by Crippen LogP contribution is 2.38. The predicted octanol–water partition coefficient (Wildman–Crippen LogP) is 19.3. The molecule has 0 radical (unpaired) electrons. The number of likely N-dealkylation sites (N-methyl/N-ethyl adjacent to an activating group) is 1. The molecule has 10 heteroatoms. The molecule has 0 aliphatic carbocycles. The molecule has 0 rings (SSSR count). The summed E-state index contributed by atoms with van der Waals surface area (Å²) in [7, 11) is 1.14. The van der Waals surface area contributed by atoms with Crippen molar-refractivity contribution in [2.75, 3.05) is 47.5 Å². The molecule has 0 N–H and O–H groups in total. The van der Waals surface area contributed by atoms with E-state index < -0.39 is 32.5 Å². The Labute approximate surface area is 479 Å². The molecule has 0 aliphatic heterocycles. The Morgan fingerprint density at radius 1 is 0.410 bits per heavy atom. The number of quaternary nitrogens is 1. The van der Waals surface area contributed by atoms with Gasteiger partial charge >= 0.3 is 11.9 Å². The fourth-order valence-electron chi connectivity index (χ4n) is 8.17. The first-order valence-corrected chi connectivity index (χ1v) is 32.7. The predicted molar refractivity (Wildman–Crippen MR) is 332 cm³/mol. The number of phosphoric acid groups is 1. The first-order chi connectivity index (χ1) is 38.0. The highest BCUT2D eigenvalue weighted by atomic mass is 31.2. The number of allylic oxidation sites excluding steroid dienone is 20. The van der Waals surface area contributed by atoms with Gasteiger partial charge in [0.15, 0.2) is 6.10 Å². The minimum atomic E-state index is -4.65. The Morgan fingerprint density at radius 3 is 1.09 bits per heavy atom. The number of hydrogen-bond donors (Lipinski definition) is 0. The lowest BCUT2D eigenvalue weighted by Gasteiger charge is -2.28. The van der Waals surface area contributed by atoms with Crippen LogP contribution in [-0.2, 0) is 32.7 Å². The second-order valence-corrected chi connectivity index (χ2v) is 23.1. The molecule has 0 saturated carbocycles. The van der Waals surface area contributed by atoms with E-state index in [0.717, 1.165) is 122 Å². The molecule has 0 amide bonds. The van der Waals surface area contributed by atoms with Gasteiger partial charge in [0, 0.05) is 12.8 Å². The van der Waals surface area contributed by atoms with E-state index >= 15 is 0 Å². The zero-order valence-corrected chi connectivity index (χ0v) is 51.5. The number of phosphoric ester groups is 1.